The Morgan fingerprint density at radius 1 is 0.765 bits per heavy atom. The van der Waals surface area contributed by atoms with Crippen LogP contribution in [0.5, 0.6) is 11.5 Å². The van der Waals surface area contributed by atoms with Gasteiger partial charge in [-0.3, -0.25) is 4.57 Å². The number of rotatable bonds is 8. The molecule has 0 aliphatic carbocycles. The van der Waals surface area contributed by atoms with Crippen LogP contribution in [0.25, 0.3) is 28.5 Å². The van der Waals surface area contributed by atoms with Crippen molar-refractivity contribution in [3.05, 3.63) is 84.8 Å². The molecular formula is C25H21N5O3S. The summed E-state index contributed by atoms with van der Waals surface area (Å²) in [5, 5.41) is 18.0. The quantitative estimate of drug-likeness (QED) is 0.282. The van der Waals surface area contributed by atoms with Gasteiger partial charge in [0.1, 0.15) is 11.5 Å². The highest BCUT2D eigenvalue weighted by Gasteiger charge is 2.18. The summed E-state index contributed by atoms with van der Waals surface area (Å²) in [5.41, 5.74) is 2.69. The largest absolute Gasteiger partial charge is 0.497 e. The van der Waals surface area contributed by atoms with Crippen molar-refractivity contribution in [3.63, 3.8) is 0 Å². The first-order valence-corrected chi connectivity index (χ1v) is 11.5. The molecule has 0 aliphatic heterocycles. The van der Waals surface area contributed by atoms with E-state index in [9.17, 15) is 0 Å². The van der Waals surface area contributed by atoms with Crippen LogP contribution in [-0.2, 0) is 5.75 Å². The number of aromatic nitrogens is 5. The first-order chi connectivity index (χ1) is 16.7. The van der Waals surface area contributed by atoms with Gasteiger partial charge in [-0.2, -0.15) is 0 Å². The van der Waals surface area contributed by atoms with Gasteiger partial charge in [-0.1, -0.05) is 42.1 Å². The standard InChI is InChI=1S/C25H21N5O3S/c1-31-20-13-11-17(12-14-20)24-28-26-22(33-24)16-34-25-29-27-23(18-7-6-10-21(15-18)32-2)30(25)19-8-4-3-5-9-19/h3-15H,16H2,1-2H3. The molecule has 9 heteroatoms. The van der Waals surface area contributed by atoms with E-state index in [1.165, 1.54) is 11.8 Å². The van der Waals surface area contributed by atoms with Crippen LogP contribution < -0.4 is 9.47 Å². The number of benzene rings is 3. The van der Waals surface area contributed by atoms with Crippen molar-refractivity contribution in [2.75, 3.05) is 14.2 Å². The average Bonchev–Trinajstić information content (AvgIpc) is 3.55. The maximum absolute atomic E-state index is 5.87. The number of thioether (sulfide) groups is 1. The molecule has 170 valence electrons. The molecule has 5 rings (SSSR count). The van der Waals surface area contributed by atoms with Gasteiger partial charge in [0.15, 0.2) is 11.0 Å². The molecule has 3 aromatic carbocycles. The van der Waals surface area contributed by atoms with E-state index in [0.717, 1.165) is 34.1 Å². The molecule has 0 amide bonds. The minimum atomic E-state index is 0.451. The molecule has 0 spiro atoms. The average molecular weight is 472 g/mol. The highest BCUT2D eigenvalue weighted by molar-refractivity contribution is 7.98. The van der Waals surface area contributed by atoms with Gasteiger partial charge in [-0.25, -0.2) is 0 Å². The molecule has 0 atom stereocenters. The van der Waals surface area contributed by atoms with Gasteiger partial charge >= 0.3 is 0 Å². The van der Waals surface area contributed by atoms with E-state index in [2.05, 4.69) is 20.4 Å². The molecule has 34 heavy (non-hydrogen) atoms. The molecule has 2 heterocycles. The maximum Gasteiger partial charge on any atom is 0.247 e. The lowest BCUT2D eigenvalue weighted by atomic mass is 10.2. The number of para-hydroxylation sites is 1. The predicted octanol–water partition coefficient (Wildman–Crippen LogP) is 5.29. The predicted molar refractivity (Wildman–Crippen MR) is 129 cm³/mol. The van der Waals surface area contributed by atoms with E-state index in [4.69, 9.17) is 13.9 Å². The van der Waals surface area contributed by atoms with Crippen LogP contribution >= 0.6 is 11.8 Å². The van der Waals surface area contributed by atoms with Gasteiger partial charge in [0.25, 0.3) is 0 Å². The Bertz CT molecular complexity index is 1380. The summed E-state index contributed by atoms with van der Waals surface area (Å²) >= 11 is 1.48. The number of ether oxygens (including phenoxy) is 2. The Hall–Kier alpha value is -4.11. The van der Waals surface area contributed by atoms with E-state index in [1.54, 1.807) is 14.2 Å². The molecular weight excluding hydrogens is 450 g/mol. The van der Waals surface area contributed by atoms with Crippen molar-refractivity contribution in [2.45, 2.75) is 10.9 Å². The Labute approximate surface area is 200 Å². The molecule has 0 saturated carbocycles. The summed E-state index contributed by atoms with van der Waals surface area (Å²) in [6, 6.07) is 25.2. The summed E-state index contributed by atoms with van der Waals surface area (Å²) in [7, 11) is 3.28. The molecule has 0 fully saturated rings. The fraction of sp³-hybridized carbons (Fsp3) is 0.120. The second-order valence-corrected chi connectivity index (χ2v) is 8.17. The lowest BCUT2D eigenvalue weighted by molar-refractivity contribution is 0.414. The van der Waals surface area contributed by atoms with E-state index in [1.807, 2.05) is 83.4 Å². The van der Waals surface area contributed by atoms with Crippen molar-refractivity contribution >= 4 is 11.8 Å². The molecule has 2 aromatic heterocycles. The Morgan fingerprint density at radius 2 is 1.56 bits per heavy atom. The normalized spacial score (nSPS) is 10.9. The van der Waals surface area contributed by atoms with Crippen LogP contribution in [-0.4, -0.2) is 39.2 Å². The molecule has 0 unspecified atom stereocenters. The minimum absolute atomic E-state index is 0.451. The van der Waals surface area contributed by atoms with Crippen molar-refractivity contribution in [3.8, 4) is 40.0 Å². The molecule has 8 nitrogen and oxygen atoms in total. The highest BCUT2D eigenvalue weighted by atomic mass is 32.2. The number of methoxy groups -OCH3 is 2. The van der Waals surface area contributed by atoms with Crippen molar-refractivity contribution < 1.29 is 13.9 Å². The molecule has 5 aromatic rings. The third-order valence-corrected chi connectivity index (χ3v) is 6.02. The smallest absolute Gasteiger partial charge is 0.247 e. The molecule has 0 N–H and O–H groups in total. The van der Waals surface area contributed by atoms with Crippen LogP contribution in [0.2, 0.25) is 0 Å². The highest BCUT2D eigenvalue weighted by Crippen LogP contribution is 2.31. The summed E-state index contributed by atoms with van der Waals surface area (Å²) in [6.45, 7) is 0. The zero-order valence-electron chi connectivity index (χ0n) is 18.6. The van der Waals surface area contributed by atoms with E-state index in [-0.39, 0.29) is 0 Å². The maximum atomic E-state index is 5.87. The van der Waals surface area contributed by atoms with Crippen LogP contribution in [0, 0.1) is 0 Å². The topological polar surface area (TPSA) is 88.1 Å². The first-order valence-electron chi connectivity index (χ1n) is 10.5. The number of nitrogens with zero attached hydrogens (tertiary/aromatic N) is 5. The summed E-state index contributed by atoms with van der Waals surface area (Å²) < 4.78 is 18.5. The second-order valence-electron chi connectivity index (χ2n) is 7.23. The van der Waals surface area contributed by atoms with Gasteiger partial charge in [-0.05, 0) is 48.5 Å². The third kappa shape index (κ3) is 4.51. The van der Waals surface area contributed by atoms with Crippen LogP contribution in [0.3, 0.4) is 0 Å². The number of hydrogen-bond acceptors (Lipinski definition) is 8. The van der Waals surface area contributed by atoms with E-state index >= 15 is 0 Å². The Kier molecular flexibility index (Phi) is 6.26. The number of hydrogen-bond donors (Lipinski definition) is 0. The van der Waals surface area contributed by atoms with Gasteiger partial charge in [0, 0.05) is 16.8 Å². The Morgan fingerprint density at radius 3 is 2.32 bits per heavy atom. The zero-order chi connectivity index (χ0) is 23.3. The van der Waals surface area contributed by atoms with Crippen LogP contribution in [0.1, 0.15) is 5.89 Å². The van der Waals surface area contributed by atoms with Crippen LogP contribution in [0.4, 0.5) is 0 Å². The van der Waals surface area contributed by atoms with Crippen molar-refractivity contribution in [1.82, 2.24) is 25.0 Å². The van der Waals surface area contributed by atoms with E-state index in [0.29, 0.717) is 22.7 Å². The van der Waals surface area contributed by atoms with Gasteiger partial charge < -0.3 is 13.9 Å². The summed E-state index contributed by atoms with van der Waals surface area (Å²) in [4.78, 5) is 0. The molecule has 0 aliphatic rings. The van der Waals surface area contributed by atoms with E-state index < -0.39 is 0 Å². The fourth-order valence-corrected chi connectivity index (χ4v) is 4.20. The Balaban J connectivity index is 1.42. The first kappa shape index (κ1) is 21.7. The fourth-order valence-electron chi connectivity index (χ4n) is 3.41. The van der Waals surface area contributed by atoms with Crippen molar-refractivity contribution in [2.24, 2.45) is 0 Å². The zero-order valence-corrected chi connectivity index (χ0v) is 19.4. The molecule has 0 bridgehead atoms. The van der Waals surface area contributed by atoms with Gasteiger partial charge in [-0.15, -0.1) is 20.4 Å². The lowest BCUT2D eigenvalue weighted by Gasteiger charge is -2.10. The summed E-state index contributed by atoms with van der Waals surface area (Å²) in [5.74, 6) is 3.65. The van der Waals surface area contributed by atoms with Gasteiger partial charge in [0.2, 0.25) is 11.8 Å². The summed E-state index contributed by atoms with van der Waals surface area (Å²) in [6.07, 6.45) is 0. The third-order valence-electron chi connectivity index (χ3n) is 5.10. The minimum Gasteiger partial charge on any atom is -0.497 e. The van der Waals surface area contributed by atoms with Gasteiger partial charge in [0.05, 0.1) is 20.0 Å². The molecule has 0 radical (unpaired) electrons. The molecule has 0 saturated heterocycles. The SMILES string of the molecule is COc1ccc(-c2nnc(CSc3nnc(-c4cccc(OC)c4)n3-c3ccccc3)o2)cc1. The monoisotopic (exact) mass is 471 g/mol. The lowest BCUT2D eigenvalue weighted by Crippen LogP contribution is -2.00. The second kappa shape index (κ2) is 9.80. The van der Waals surface area contributed by atoms with Crippen LogP contribution in [0.15, 0.2) is 88.4 Å². The van der Waals surface area contributed by atoms with Crippen molar-refractivity contribution in [1.29, 1.82) is 0 Å².